The summed E-state index contributed by atoms with van der Waals surface area (Å²) < 4.78 is 0. The van der Waals surface area contributed by atoms with Crippen molar-refractivity contribution in [3.8, 4) is 0 Å². The SMILES string of the molecule is CC1CCCC(CN)(C2(O)CCCCCC2)C1. The lowest BCUT2D eigenvalue weighted by Crippen LogP contribution is -2.54. The normalized spacial score (nSPS) is 38.6. The van der Waals surface area contributed by atoms with Crippen molar-refractivity contribution in [2.75, 3.05) is 6.54 Å². The Kier molecular flexibility index (Phi) is 4.14. The first-order valence-corrected chi connectivity index (χ1v) is 7.54. The molecule has 17 heavy (non-hydrogen) atoms. The van der Waals surface area contributed by atoms with E-state index in [0.29, 0.717) is 6.54 Å². The molecule has 2 rings (SSSR count). The molecule has 0 aromatic heterocycles. The Morgan fingerprint density at radius 1 is 1.06 bits per heavy atom. The number of rotatable bonds is 2. The molecule has 0 bridgehead atoms. The third-order valence-electron chi connectivity index (χ3n) is 5.40. The molecule has 2 atom stereocenters. The third kappa shape index (κ3) is 2.53. The quantitative estimate of drug-likeness (QED) is 0.727. The van der Waals surface area contributed by atoms with Gasteiger partial charge in [-0.25, -0.2) is 0 Å². The molecule has 2 unspecified atom stereocenters. The van der Waals surface area contributed by atoms with E-state index in [0.717, 1.165) is 31.6 Å². The maximum absolute atomic E-state index is 11.2. The minimum absolute atomic E-state index is 0.0228. The molecule has 2 nitrogen and oxygen atoms in total. The molecule has 0 aromatic carbocycles. The minimum Gasteiger partial charge on any atom is -0.389 e. The van der Waals surface area contributed by atoms with E-state index in [1.54, 1.807) is 0 Å². The molecule has 2 saturated carbocycles. The second-order valence-electron chi connectivity index (χ2n) is 6.63. The highest BCUT2D eigenvalue weighted by atomic mass is 16.3. The summed E-state index contributed by atoms with van der Waals surface area (Å²) in [5.41, 5.74) is 5.67. The fourth-order valence-electron chi connectivity index (χ4n) is 4.30. The van der Waals surface area contributed by atoms with Gasteiger partial charge in [-0.3, -0.25) is 0 Å². The van der Waals surface area contributed by atoms with Gasteiger partial charge >= 0.3 is 0 Å². The Balaban J connectivity index is 2.19. The van der Waals surface area contributed by atoms with Crippen LogP contribution in [0.3, 0.4) is 0 Å². The molecule has 2 aliphatic rings. The van der Waals surface area contributed by atoms with Gasteiger partial charge in [0.25, 0.3) is 0 Å². The van der Waals surface area contributed by atoms with Crippen LogP contribution < -0.4 is 5.73 Å². The van der Waals surface area contributed by atoms with Crippen LogP contribution in [0.25, 0.3) is 0 Å². The molecule has 2 aliphatic carbocycles. The number of hydrogen-bond donors (Lipinski definition) is 2. The third-order valence-corrected chi connectivity index (χ3v) is 5.40. The highest BCUT2D eigenvalue weighted by molar-refractivity contribution is 5.02. The van der Waals surface area contributed by atoms with Crippen molar-refractivity contribution in [3.05, 3.63) is 0 Å². The van der Waals surface area contributed by atoms with Crippen molar-refractivity contribution in [3.63, 3.8) is 0 Å². The van der Waals surface area contributed by atoms with Gasteiger partial charge in [0, 0.05) is 12.0 Å². The van der Waals surface area contributed by atoms with Crippen molar-refractivity contribution in [2.24, 2.45) is 17.1 Å². The Labute approximate surface area is 106 Å². The average Bonchev–Trinajstić information content (AvgIpc) is 2.55. The first-order chi connectivity index (χ1) is 8.12. The molecule has 0 saturated heterocycles. The molecular formula is C15H29NO. The van der Waals surface area contributed by atoms with Crippen LogP contribution in [-0.4, -0.2) is 17.3 Å². The van der Waals surface area contributed by atoms with E-state index >= 15 is 0 Å². The van der Waals surface area contributed by atoms with E-state index in [9.17, 15) is 5.11 Å². The lowest BCUT2D eigenvalue weighted by molar-refractivity contribution is -0.117. The van der Waals surface area contributed by atoms with Gasteiger partial charge < -0.3 is 10.8 Å². The minimum atomic E-state index is -0.465. The van der Waals surface area contributed by atoms with Crippen LogP contribution >= 0.6 is 0 Å². The maximum Gasteiger partial charge on any atom is 0.0715 e. The van der Waals surface area contributed by atoms with Crippen molar-refractivity contribution < 1.29 is 5.11 Å². The second-order valence-corrected chi connectivity index (χ2v) is 6.63. The summed E-state index contributed by atoms with van der Waals surface area (Å²) in [7, 11) is 0. The number of nitrogens with two attached hydrogens (primary N) is 1. The number of aliphatic hydroxyl groups is 1. The summed E-state index contributed by atoms with van der Waals surface area (Å²) >= 11 is 0. The predicted molar refractivity (Wildman–Crippen MR) is 71.8 cm³/mol. The van der Waals surface area contributed by atoms with Gasteiger partial charge in [0.15, 0.2) is 0 Å². The summed E-state index contributed by atoms with van der Waals surface area (Å²) in [4.78, 5) is 0. The lowest BCUT2D eigenvalue weighted by Gasteiger charge is -2.51. The monoisotopic (exact) mass is 239 g/mol. The second kappa shape index (κ2) is 5.27. The Bertz CT molecular complexity index is 245. The fraction of sp³-hybridized carbons (Fsp3) is 1.00. The lowest BCUT2D eigenvalue weighted by atomic mass is 9.58. The molecule has 3 N–H and O–H groups in total. The molecule has 0 aliphatic heterocycles. The van der Waals surface area contributed by atoms with Crippen molar-refractivity contribution in [1.29, 1.82) is 0 Å². The van der Waals surface area contributed by atoms with E-state index in [1.807, 2.05) is 0 Å². The Hall–Kier alpha value is -0.0800. The molecule has 0 heterocycles. The van der Waals surface area contributed by atoms with Gasteiger partial charge in [-0.1, -0.05) is 45.4 Å². The molecule has 0 aromatic rings. The standard InChI is InChI=1S/C15H29NO/c1-13-7-6-8-14(11-13,12-16)15(17)9-4-2-3-5-10-15/h13,17H,2-12,16H2,1H3. The van der Waals surface area contributed by atoms with Gasteiger partial charge in [0.05, 0.1) is 5.60 Å². The molecule has 0 radical (unpaired) electrons. The molecular weight excluding hydrogens is 210 g/mol. The van der Waals surface area contributed by atoms with Crippen LogP contribution in [0.15, 0.2) is 0 Å². The Morgan fingerprint density at radius 3 is 2.24 bits per heavy atom. The van der Waals surface area contributed by atoms with Gasteiger partial charge in [-0.05, 0) is 31.6 Å². The van der Waals surface area contributed by atoms with E-state index in [-0.39, 0.29) is 5.41 Å². The van der Waals surface area contributed by atoms with Crippen LogP contribution in [-0.2, 0) is 0 Å². The smallest absolute Gasteiger partial charge is 0.0715 e. The van der Waals surface area contributed by atoms with Crippen LogP contribution in [0.2, 0.25) is 0 Å². The summed E-state index contributed by atoms with van der Waals surface area (Å²) in [6.45, 7) is 3.00. The summed E-state index contributed by atoms with van der Waals surface area (Å²) in [5.74, 6) is 0.736. The average molecular weight is 239 g/mol. The molecule has 0 amide bonds. The van der Waals surface area contributed by atoms with Crippen LogP contribution in [0.1, 0.15) is 71.1 Å². The predicted octanol–water partition coefficient (Wildman–Crippen LogP) is 3.23. The molecule has 2 fully saturated rings. The topological polar surface area (TPSA) is 46.2 Å². The first-order valence-electron chi connectivity index (χ1n) is 7.54. The van der Waals surface area contributed by atoms with Crippen LogP contribution in [0, 0.1) is 11.3 Å². The van der Waals surface area contributed by atoms with Crippen molar-refractivity contribution in [1.82, 2.24) is 0 Å². The van der Waals surface area contributed by atoms with E-state index in [4.69, 9.17) is 5.73 Å². The zero-order valence-electron chi connectivity index (χ0n) is 11.4. The van der Waals surface area contributed by atoms with Crippen molar-refractivity contribution in [2.45, 2.75) is 76.7 Å². The van der Waals surface area contributed by atoms with E-state index < -0.39 is 5.60 Å². The van der Waals surface area contributed by atoms with Crippen LogP contribution in [0.4, 0.5) is 0 Å². The molecule has 0 spiro atoms. The summed E-state index contributed by atoms with van der Waals surface area (Å²) in [6, 6.07) is 0. The van der Waals surface area contributed by atoms with E-state index in [2.05, 4.69) is 6.92 Å². The zero-order chi connectivity index (χ0) is 12.4. The van der Waals surface area contributed by atoms with Crippen molar-refractivity contribution >= 4 is 0 Å². The van der Waals surface area contributed by atoms with E-state index in [1.165, 1.54) is 38.5 Å². The number of hydrogen-bond acceptors (Lipinski definition) is 2. The van der Waals surface area contributed by atoms with Gasteiger partial charge in [0.1, 0.15) is 0 Å². The maximum atomic E-state index is 11.2. The van der Waals surface area contributed by atoms with Gasteiger partial charge in [-0.2, -0.15) is 0 Å². The summed E-state index contributed by atoms with van der Waals surface area (Å²) in [6.07, 6.45) is 11.8. The highest BCUT2D eigenvalue weighted by Crippen LogP contribution is 2.51. The molecule has 100 valence electrons. The zero-order valence-corrected chi connectivity index (χ0v) is 11.4. The molecule has 2 heteroatoms. The van der Waals surface area contributed by atoms with Gasteiger partial charge in [-0.15, -0.1) is 0 Å². The van der Waals surface area contributed by atoms with Crippen LogP contribution in [0.5, 0.6) is 0 Å². The largest absolute Gasteiger partial charge is 0.389 e. The first kappa shape index (κ1) is 13.4. The summed E-state index contributed by atoms with van der Waals surface area (Å²) in [5, 5.41) is 11.2. The highest BCUT2D eigenvalue weighted by Gasteiger charge is 2.50. The Morgan fingerprint density at radius 2 is 1.71 bits per heavy atom. The van der Waals surface area contributed by atoms with Gasteiger partial charge in [0.2, 0.25) is 0 Å². The fourth-order valence-corrected chi connectivity index (χ4v) is 4.30.